The lowest BCUT2D eigenvalue weighted by Gasteiger charge is -2.28. The van der Waals surface area contributed by atoms with Crippen molar-refractivity contribution in [2.75, 3.05) is 0 Å². The van der Waals surface area contributed by atoms with Gasteiger partial charge in [-0.05, 0) is 59.0 Å². The number of pyridine rings is 2. The Balaban J connectivity index is 1.92. The van der Waals surface area contributed by atoms with Crippen LogP contribution in [-0.4, -0.2) is 9.97 Å². The zero-order chi connectivity index (χ0) is 13.2. The lowest BCUT2D eigenvalue weighted by atomic mass is 9.81. The molecular formula is C15H16BrN3. The normalized spacial score (nSPS) is 19.8. The van der Waals surface area contributed by atoms with E-state index < -0.39 is 0 Å². The van der Waals surface area contributed by atoms with Gasteiger partial charge in [0.15, 0.2) is 0 Å². The van der Waals surface area contributed by atoms with Crippen molar-refractivity contribution in [2.45, 2.75) is 31.2 Å². The first-order valence-corrected chi connectivity index (χ1v) is 7.36. The van der Waals surface area contributed by atoms with Crippen LogP contribution in [0, 0.1) is 0 Å². The smallest absolute Gasteiger partial charge is 0.0578 e. The molecule has 2 aromatic heterocycles. The summed E-state index contributed by atoms with van der Waals surface area (Å²) in [5.74, 6) is 0.277. The number of hydrogen-bond acceptors (Lipinski definition) is 3. The number of hydrogen-bond donors (Lipinski definition) is 1. The van der Waals surface area contributed by atoms with Crippen LogP contribution < -0.4 is 5.73 Å². The molecule has 0 aromatic carbocycles. The highest BCUT2D eigenvalue weighted by molar-refractivity contribution is 9.10. The topological polar surface area (TPSA) is 51.8 Å². The molecule has 2 heterocycles. The molecule has 0 radical (unpaired) electrons. The van der Waals surface area contributed by atoms with Crippen molar-refractivity contribution in [3.8, 4) is 0 Å². The highest BCUT2D eigenvalue weighted by Crippen LogP contribution is 2.37. The minimum Gasteiger partial charge on any atom is -0.322 e. The van der Waals surface area contributed by atoms with Crippen molar-refractivity contribution in [1.82, 2.24) is 9.97 Å². The Morgan fingerprint density at radius 1 is 1.26 bits per heavy atom. The van der Waals surface area contributed by atoms with Crippen LogP contribution in [0.25, 0.3) is 0 Å². The number of nitrogens with zero attached hydrogens (tertiary/aromatic N) is 2. The Bertz CT molecular complexity index is 568. The Hall–Kier alpha value is -1.26. The summed E-state index contributed by atoms with van der Waals surface area (Å²) in [5, 5.41) is 0. The summed E-state index contributed by atoms with van der Waals surface area (Å²) in [6.45, 7) is 0. The standard InChI is InChI=1S/C15H16BrN3/c16-11-6-7-13(19-9-11)14(17)12-5-1-3-10-4-2-8-18-15(10)12/h2,4,6-9,12,14H,1,3,5,17H2. The number of fused-ring (bicyclic) bond motifs is 1. The van der Waals surface area contributed by atoms with Gasteiger partial charge in [0.1, 0.15) is 0 Å². The van der Waals surface area contributed by atoms with Gasteiger partial charge in [0.2, 0.25) is 0 Å². The minimum absolute atomic E-state index is 0.0814. The molecule has 3 nitrogen and oxygen atoms in total. The average molecular weight is 318 g/mol. The van der Waals surface area contributed by atoms with Gasteiger partial charge >= 0.3 is 0 Å². The molecular weight excluding hydrogens is 302 g/mol. The van der Waals surface area contributed by atoms with Crippen molar-refractivity contribution in [3.63, 3.8) is 0 Å². The summed E-state index contributed by atoms with van der Waals surface area (Å²) in [5.41, 5.74) is 9.85. The predicted octanol–water partition coefficient (Wildman–Crippen LogP) is 3.36. The summed E-state index contributed by atoms with van der Waals surface area (Å²) in [6.07, 6.45) is 7.03. The van der Waals surface area contributed by atoms with E-state index in [1.54, 1.807) is 6.20 Å². The fraction of sp³-hybridized carbons (Fsp3) is 0.333. The monoisotopic (exact) mass is 317 g/mol. The molecule has 19 heavy (non-hydrogen) atoms. The van der Waals surface area contributed by atoms with Crippen molar-refractivity contribution in [3.05, 3.63) is 58.1 Å². The highest BCUT2D eigenvalue weighted by atomic mass is 79.9. The Kier molecular flexibility index (Phi) is 3.62. The van der Waals surface area contributed by atoms with Gasteiger partial charge in [0, 0.05) is 28.5 Å². The molecule has 2 atom stereocenters. The van der Waals surface area contributed by atoms with Crippen molar-refractivity contribution < 1.29 is 0 Å². The van der Waals surface area contributed by atoms with Crippen LogP contribution in [0.2, 0.25) is 0 Å². The first kappa shape index (κ1) is 12.8. The summed E-state index contributed by atoms with van der Waals surface area (Å²) in [6, 6.07) is 8.07. The quantitative estimate of drug-likeness (QED) is 0.924. The maximum absolute atomic E-state index is 6.42. The van der Waals surface area contributed by atoms with Gasteiger partial charge in [-0.2, -0.15) is 0 Å². The zero-order valence-electron chi connectivity index (χ0n) is 10.6. The Morgan fingerprint density at radius 3 is 2.95 bits per heavy atom. The minimum atomic E-state index is -0.0814. The molecule has 2 N–H and O–H groups in total. The third-order valence-electron chi connectivity index (χ3n) is 3.76. The van der Waals surface area contributed by atoms with Crippen LogP contribution in [0.5, 0.6) is 0 Å². The van der Waals surface area contributed by atoms with Gasteiger partial charge < -0.3 is 5.73 Å². The second-order valence-electron chi connectivity index (χ2n) is 4.97. The molecule has 0 bridgehead atoms. The van der Waals surface area contributed by atoms with Gasteiger partial charge in [-0.25, -0.2) is 0 Å². The van der Waals surface area contributed by atoms with E-state index in [9.17, 15) is 0 Å². The molecule has 1 aliphatic rings. The third-order valence-corrected chi connectivity index (χ3v) is 4.23. The van der Waals surface area contributed by atoms with E-state index >= 15 is 0 Å². The maximum atomic E-state index is 6.42. The number of halogens is 1. The number of aryl methyl sites for hydroxylation is 1. The first-order valence-electron chi connectivity index (χ1n) is 6.56. The van der Waals surface area contributed by atoms with Crippen LogP contribution in [0.4, 0.5) is 0 Å². The molecule has 98 valence electrons. The summed E-state index contributed by atoms with van der Waals surface area (Å²) < 4.78 is 0.977. The summed E-state index contributed by atoms with van der Waals surface area (Å²) in [4.78, 5) is 8.97. The van der Waals surface area contributed by atoms with Crippen LogP contribution >= 0.6 is 15.9 Å². The van der Waals surface area contributed by atoms with E-state index in [0.717, 1.165) is 28.7 Å². The second-order valence-corrected chi connectivity index (χ2v) is 5.89. The summed E-state index contributed by atoms with van der Waals surface area (Å²) in [7, 11) is 0. The fourth-order valence-corrected chi connectivity index (χ4v) is 3.02. The van der Waals surface area contributed by atoms with Crippen LogP contribution in [0.15, 0.2) is 41.1 Å². The van der Waals surface area contributed by atoms with Crippen molar-refractivity contribution in [2.24, 2.45) is 5.73 Å². The third kappa shape index (κ3) is 2.55. The Morgan fingerprint density at radius 2 is 2.16 bits per heavy atom. The molecule has 1 aliphatic carbocycles. The number of aromatic nitrogens is 2. The predicted molar refractivity (Wildman–Crippen MR) is 78.8 cm³/mol. The highest BCUT2D eigenvalue weighted by Gasteiger charge is 2.28. The number of rotatable bonds is 2. The van der Waals surface area contributed by atoms with Crippen LogP contribution in [-0.2, 0) is 6.42 Å². The zero-order valence-corrected chi connectivity index (χ0v) is 12.2. The molecule has 3 rings (SSSR count). The van der Waals surface area contributed by atoms with Gasteiger partial charge in [-0.15, -0.1) is 0 Å². The lowest BCUT2D eigenvalue weighted by Crippen LogP contribution is -2.25. The van der Waals surface area contributed by atoms with Gasteiger partial charge in [-0.3, -0.25) is 9.97 Å². The molecule has 0 saturated carbocycles. The maximum Gasteiger partial charge on any atom is 0.0578 e. The van der Waals surface area contributed by atoms with E-state index in [0.29, 0.717) is 0 Å². The molecule has 2 aromatic rings. The second kappa shape index (κ2) is 5.39. The van der Waals surface area contributed by atoms with Crippen molar-refractivity contribution in [1.29, 1.82) is 0 Å². The largest absolute Gasteiger partial charge is 0.322 e. The molecule has 0 fully saturated rings. The average Bonchev–Trinajstić information content (AvgIpc) is 2.47. The van der Waals surface area contributed by atoms with E-state index in [2.05, 4.69) is 32.0 Å². The first-order chi connectivity index (χ1) is 9.25. The van der Waals surface area contributed by atoms with Crippen LogP contribution in [0.1, 0.15) is 41.8 Å². The van der Waals surface area contributed by atoms with Crippen molar-refractivity contribution >= 4 is 15.9 Å². The Labute approximate surface area is 121 Å². The van der Waals surface area contributed by atoms with Gasteiger partial charge in [0.05, 0.1) is 11.7 Å². The van der Waals surface area contributed by atoms with Crippen LogP contribution in [0.3, 0.4) is 0 Å². The van der Waals surface area contributed by atoms with E-state index in [1.165, 1.54) is 12.0 Å². The lowest BCUT2D eigenvalue weighted by molar-refractivity contribution is 0.456. The molecule has 0 amide bonds. The van der Waals surface area contributed by atoms with E-state index in [-0.39, 0.29) is 12.0 Å². The SMILES string of the molecule is NC(c1ccc(Br)cn1)C1CCCc2cccnc21. The molecule has 0 saturated heterocycles. The molecule has 4 heteroatoms. The van der Waals surface area contributed by atoms with E-state index in [4.69, 9.17) is 5.73 Å². The fourth-order valence-electron chi connectivity index (χ4n) is 2.79. The van der Waals surface area contributed by atoms with Gasteiger partial charge in [-0.1, -0.05) is 6.07 Å². The summed E-state index contributed by atoms with van der Waals surface area (Å²) >= 11 is 3.40. The molecule has 0 aliphatic heterocycles. The molecule has 0 spiro atoms. The van der Waals surface area contributed by atoms with Gasteiger partial charge in [0.25, 0.3) is 0 Å². The molecule has 2 unspecified atom stereocenters. The number of nitrogens with two attached hydrogens (primary N) is 1. The van der Waals surface area contributed by atoms with E-state index in [1.807, 2.05) is 24.4 Å².